The van der Waals surface area contributed by atoms with E-state index in [9.17, 15) is 0 Å². The molecule has 0 amide bonds. The summed E-state index contributed by atoms with van der Waals surface area (Å²) in [4.78, 5) is 7.97. The third-order valence-electron chi connectivity index (χ3n) is 2.66. The van der Waals surface area contributed by atoms with Crippen LogP contribution >= 0.6 is 11.3 Å². The molecular weight excluding hydrogens is 206 g/mol. The quantitative estimate of drug-likeness (QED) is 0.806. The Morgan fingerprint density at radius 2 is 2.33 bits per heavy atom. The molecule has 15 heavy (non-hydrogen) atoms. The maximum atomic E-state index is 5.59. The lowest BCUT2D eigenvalue weighted by atomic mass is 10.1. The summed E-state index contributed by atoms with van der Waals surface area (Å²) < 4.78 is 0. The molecule has 0 aromatic carbocycles. The summed E-state index contributed by atoms with van der Waals surface area (Å²) in [7, 11) is 2.16. The van der Waals surface area contributed by atoms with Crippen LogP contribution < -0.4 is 5.73 Å². The molecular formula is C11H21N3S. The van der Waals surface area contributed by atoms with E-state index in [-0.39, 0.29) is 0 Å². The highest BCUT2D eigenvalue weighted by atomic mass is 32.1. The molecule has 0 saturated heterocycles. The third-order valence-corrected chi connectivity index (χ3v) is 3.58. The summed E-state index contributed by atoms with van der Waals surface area (Å²) in [6, 6.07) is 0. The molecule has 0 aliphatic heterocycles. The molecule has 4 heteroatoms. The average Bonchev–Trinajstić information content (AvgIpc) is 2.61. The van der Waals surface area contributed by atoms with Crippen LogP contribution in [0.4, 0.5) is 0 Å². The fraction of sp³-hybridized carbons (Fsp3) is 0.727. The van der Waals surface area contributed by atoms with Crippen molar-refractivity contribution >= 4 is 11.3 Å². The van der Waals surface area contributed by atoms with Crippen LogP contribution in [0.2, 0.25) is 0 Å². The molecule has 86 valence electrons. The molecule has 1 aromatic heterocycles. The highest BCUT2D eigenvalue weighted by Gasteiger charge is 2.07. The van der Waals surface area contributed by atoms with Gasteiger partial charge in [0.15, 0.2) is 0 Å². The van der Waals surface area contributed by atoms with Crippen molar-refractivity contribution in [3.05, 3.63) is 16.1 Å². The zero-order chi connectivity index (χ0) is 11.3. The second-order valence-electron chi connectivity index (χ2n) is 4.23. The summed E-state index contributed by atoms with van der Waals surface area (Å²) in [6.45, 7) is 7.17. The predicted molar refractivity (Wildman–Crippen MR) is 66.0 cm³/mol. The molecule has 1 rings (SSSR count). The van der Waals surface area contributed by atoms with Crippen molar-refractivity contribution < 1.29 is 0 Å². The van der Waals surface area contributed by atoms with Crippen molar-refractivity contribution in [2.45, 2.75) is 26.8 Å². The van der Waals surface area contributed by atoms with Gasteiger partial charge in [-0.25, -0.2) is 4.98 Å². The third kappa shape index (κ3) is 4.28. The van der Waals surface area contributed by atoms with Crippen LogP contribution in [0.15, 0.2) is 5.51 Å². The topological polar surface area (TPSA) is 42.2 Å². The molecule has 1 aromatic rings. The van der Waals surface area contributed by atoms with E-state index in [1.165, 1.54) is 17.0 Å². The predicted octanol–water partition coefficient (Wildman–Crippen LogP) is 1.87. The molecule has 3 nitrogen and oxygen atoms in total. The van der Waals surface area contributed by atoms with E-state index < -0.39 is 0 Å². The minimum Gasteiger partial charge on any atom is -0.330 e. The molecule has 2 N–H and O–H groups in total. The van der Waals surface area contributed by atoms with Crippen LogP contribution in [0.3, 0.4) is 0 Å². The van der Waals surface area contributed by atoms with Crippen molar-refractivity contribution in [1.29, 1.82) is 0 Å². The van der Waals surface area contributed by atoms with Gasteiger partial charge in [0.25, 0.3) is 0 Å². The van der Waals surface area contributed by atoms with E-state index in [1.54, 1.807) is 11.3 Å². The first-order chi connectivity index (χ1) is 7.13. The minimum atomic E-state index is 0.620. The van der Waals surface area contributed by atoms with Gasteiger partial charge in [-0.05, 0) is 39.4 Å². The molecule has 1 heterocycles. The summed E-state index contributed by atoms with van der Waals surface area (Å²) in [5.41, 5.74) is 8.68. The van der Waals surface area contributed by atoms with Gasteiger partial charge in [-0.15, -0.1) is 11.3 Å². The van der Waals surface area contributed by atoms with Crippen molar-refractivity contribution in [2.24, 2.45) is 11.7 Å². The van der Waals surface area contributed by atoms with E-state index in [1.807, 2.05) is 5.51 Å². The summed E-state index contributed by atoms with van der Waals surface area (Å²) in [5, 5.41) is 0. The fourth-order valence-corrected chi connectivity index (χ4v) is 2.22. The van der Waals surface area contributed by atoms with Gasteiger partial charge in [0.2, 0.25) is 0 Å². The fourth-order valence-electron chi connectivity index (χ4n) is 1.36. The van der Waals surface area contributed by atoms with Crippen LogP contribution in [0.25, 0.3) is 0 Å². The molecule has 0 aliphatic rings. The molecule has 0 aliphatic carbocycles. The van der Waals surface area contributed by atoms with Crippen LogP contribution in [0.1, 0.15) is 23.9 Å². The highest BCUT2D eigenvalue weighted by molar-refractivity contribution is 7.09. The Kier molecular flexibility index (Phi) is 5.22. The average molecular weight is 227 g/mol. The van der Waals surface area contributed by atoms with E-state index >= 15 is 0 Å². The summed E-state index contributed by atoms with van der Waals surface area (Å²) >= 11 is 1.74. The normalized spacial score (nSPS) is 13.4. The first-order valence-corrected chi connectivity index (χ1v) is 6.29. The Morgan fingerprint density at radius 3 is 2.87 bits per heavy atom. The first kappa shape index (κ1) is 12.6. The van der Waals surface area contributed by atoms with E-state index in [0.29, 0.717) is 5.92 Å². The number of hydrogen-bond donors (Lipinski definition) is 1. The Bertz CT molecular complexity index is 285. The molecule has 0 bridgehead atoms. The molecule has 0 fully saturated rings. The van der Waals surface area contributed by atoms with Crippen LogP contribution in [0.5, 0.6) is 0 Å². The maximum Gasteiger partial charge on any atom is 0.0798 e. The molecule has 1 atom stereocenters. The van der Waals surface area contributed by atoms with Crippen LogP contribution in [-0.2, 0) is 6.54 Å². The van der Waals surface area contributed by atoms with Gasteiger partial charge >= 0.3 is 0 Å². The lowest BCUT2D eigenvalue weighted by molar-refractivity contribution is 0.301. The smallest absolute Gasteiger partial charge is 0.0798 e. The van der Waals surface area contributed by atoms with Crippen molar-refractivity contribution in [2.75, 3.05) is 20.1 Å². The number of hydrogen-bond acceptors (Lipinski definition) is 4. The zero-order valence-corrected chi connectivity index (χ0v) is 10.7. The zero-order valence-electron chi connectivity index (χ0n) is 9.86. The Balaban J connectivity index is 2.30. The van der Waals surface area contributed by atoms with Gasteiger partial charge < -0.3 is 10.6 Å². The minimum absolute atomic E-state index is 0.620. The van der Waals surface area contributed by atoms with Gasteiger partial charge in [0, 0.05) is 11.4 Å². The first-order valence-electron chi connectivity index (χ1n) is 5.41. The summed E-state index contributed by atoms with van der Waals surface area (Å²) in [6.07, 6.45) is 1.17. The molecule has 1 unspecified atom stereocenters. The van der Waals surface area contributed by atoms with Gasteiger partial charge in [-0.2, -0.15) is 0 Å². The van der Waals surface area contributed by atoms with Gasteiger partial charge in [0.05, 0.1) is 11.2 Å². The SMILES string of the molecule is Cc1ncsc1CN(C)CCC(C)CN. The Labute approximate surface area is 96.3 Å². The van der Waals surface area contributed by atoms with Crippen LogP contribution in [-0.4, -0.2) is 30.0 Å². The van der Waals surface area contributed by atoms with E-state index in [0.717, 1.165) is 19.6 Å². The second kappa shape index (κ2) is 6.20. The van der Waals surface area contributed by atoms with Crippen molar-refractivity contribution in [3.63, 3.8) is 0 Å². The maximum absolute atomic E-state index is 5.59. The lowest BCUT2D eigenvalue weighted by Crippen LogP contribution is -2.23. The molecule has 0 spiro atoms. The number of nitrogens with two attached hydrogens (primary N) is 1. The lowest BCUT2D eigenvalue weighted by Gasteiger charge is -2.18. The Hall–Kier alpha value is -0.450. The number of aryl methyl sites for hydroxylation is 1. The monoisotopic (exact) mass is 227 g/mol. The van der Waals surface area contributed by atoms with Crippen molar-refractivity contribution in [1.82, 2.24) is 9.88 Å². The molecule has 0 saturated carbocycles. The van der Waals surface area contributed by atoms with Crippen molar-refractivity contribution in [3.8, 4) is 0 Å². The van der Waals surface area contributed by atoms with Gasteiger partial charge in [0.1, 0.15) is 0 Å². The van der Waals surface area contributed by atoms with E-state index in [2.05, 4.69) is 30.8 Å². The van der Waals surface area contributed by atoms with Gasteiger partial charge in [-0.1, -0.05) is 6.92 Å². The Morgan fingerprint density at radius 1 is 1.60 bits per heavy atom. The number of nitrogens with zero attached hydrogens (tertiary/aromatic N) is 2. The number of aromatic nitrogens is 1. The standard InChI is InChI=1S/C11H21N3S/c1-9(6-12)4-5-14(3)7-11-10(2)13-8-15-11/h8-9H,4-7,12H2,1-3H3. The van der Waals surface area contributed by atoms with Crippen LogP contribution in [0, 0.1) is 12.8 Å². The largest absolute Gasteiger partial charge is 0.330 e. The van der Waals surface area contributed by atoms with E-state index in [4.69, 9.17) is 5.73 Å². The highest BCUT2D eigenvalue weighted by Crippen LogP contribution is 2.14. The number of rotatable bonds is 6. The summed E-state index contributed by atoms with van der Waals surface area (Å²) in [5.74, 6) is 0.620. The number of thiazole rings is 1. The van der Waals surface area contributed by atoms with Gasteiger partial charge in [-0.3, -0.25) is 0 Å². The molecule has 0 radical (unpaired) electrons. The second-order valence-corrected chi connectivity index (χ2v) is 5.17.